The Bertz CT molecular complexity index is 1020. The molecule has 1 aromatic carbocycles. The van der Waals surface area contributed by atoms with Gasteiger partial charge in [0.1, 0.15) is 0 Å². The topological polar surface area (TPSA) is 80.5 Å². The molecule has 0 aliphatic heterocycles. The number of carbonyl (C=O) groups excluding carboxylic acids is 1. The fraction of sp³-hybridized carbons (Fsp3) is 0.333. The van der Waals surface area contributed by atoms with Gasteiger partial charge >= 0.3 is 0 Å². The van der Waals surface area contributed by atoms with Gasteiger partial charge in [-0.2, -0.15) is 10.2 Å². The molecule has 2 aromatic heterocycles. The number of hydrogen-bond acceptors (Lipinski definition) is 4. The summed E-state index contributed by atoms with van der Waals surface area (Å²) in [7, 11) is 0. The Morgan fingerprint density at radius 2 is 2.00 bits per heavy atom. The van der Waals surface area contributed by atoms with E-state index in [1.807, 2.05) is 54.3 Å². The Balaban J connectivity index is 1.72. The van der Waals surface area contributed by atoms with Crippen LogP contribution in [0.4, 0.5) is 0 Å². The van der Waals surface area contributed by atoms with Crippen molar-refractivity contribution in [3.63, 3.8) is 0 Å². The fourth-order valence-electron chi connectivity index (χ4n) is 2.98. The van der Waals surface area contributed by atoms with E-state index in [1.54, 1.807) is 0 Å². The second-order valence-corrected chi connectivity index (χ2v) is 7.00. The van der Waals surface area contributed by atoms with Crippen LogP contribution in [0.2, 0.25) is 5.02 Å². The van der Waals surface area contributed by atoms with Gasteiger partial charge in [0.2, 0.25) is 5.91 Å². The second-order valence-electron chi connectivity index (χ2n) is 6.18. The Morgan fingerprint density at radius 1 is 1.30 bits per heavy atom. The van der Waals surface area contributed by atoms with Crippen LogP contribution in [0.25, 0.3) is 5.69 Å². The van der Waals surface area contributed by atoms with E-state index >= 15 is 0 Å². The molecule has 0 fully saturated rings. The lowest BCUT2D eigenvalue weighted by molar-refractivity contribution is -0.120. The van der Waals surface area contributed by atoms with Gasteiger partial charge in [-0.05, 0) is 57.3 Å². The molecule has 0 unspecified atom stereocenters. The summed E-state index contributed by atoms with van der Waals surface area (Å²) in [4.78, 5) is 12.4. The van der Waals surface area contributed by atoms with Gasteiger partial charge in [0, 0.05) is 22.8 Å². The average Bonchev–Trinajstić information content (AvgIpc) is 3.14. The summed E-state index contributed by atoms with van der Waals surface area (Å²) in [5.74, 6) is 0.620. The molecule has 27 heavy (non-hydrogen) atoms. The predicted octanol–water partition coefficient (Wildman–Crippen LogP) is 3.28. The third kappa shape index (κ3) is 4.12. The number of aryl methyl sites for hydroxylation is 1. The van der Waals surface area contributed by atoms with Gasteiger partial charge in [-0.1, -0.05) is 11.6 Å². The maximum atomic E-state index is 12.4. The number of benzene rings is 1. The van der Waals surface area contributed by atoms with Crippen molar-refractivity contribution in [3.05, 3.63) is 56.8 Å². The van der Waals surface area contributed by atoms with Crippen molar-refractivity contribution in [3.8, 4) is 5.69 Å². The Labute approximate surface area is 167 Å². The molecule has 2 heterocycles. The third-order valence-corrected chi connectivity index (χ3v) is 5.01. The van der Waals surface area contributed by atoms with Crippen molar-refractivity contribution in [1.82, 2.24) is 29.9 Å². The number of amides is 1. The number of nitrogens with one attached hydrogen (secondary N) is 2. The summed E-state index contributed by atoms with van der Waals surface area (Å²) >= 11 is 11.1. The van der Waals surface area contributed by atoms with Crippen LogP contribution in [0.3, 0.4) is 0 Å². The van der Waals surface area contributed by atoms with E-state index < -0.39 is 0 Å². The van der Waals surface area contributed by atoms with Gasteiger partial charge < -0.3 is 9.88 Å². The van der Waals surface area contributed by atoms with Crippen LogP contribution >= 0.6 is 23.8 Å². The van der Waals surface area contributed by atoms with E-state index in [0.717, 1.165) is 22.6 Å². The van der Waals surface area contributed by atoms with Crippen molar-refractivity contribution in [2.75, 3.05) is 0 Å². The minimum absolute atomic E-state index is 0.0894. The molecule has 142 valence electrons. The number of H-pyrrole nitrogens is 1. The Morgan fingerprint density at radius 3 is 2.67 bits per heavy atom. The Kier molecular flexibility index (Phi) is 5.76. The van der Waals surface area contributed by atoms with Crippen molar-refractivity contribution in [1.29, 1.82) is 0 Å². The van der Waals surface area contributed by atoms with Crippen LogP contribution in [0, 0.1) is 18.6 Å². The first-order chi connectivity index (χ1) is 12.9. The van der Waals surface area contributed by atoms with E-state index in [-0.39, 0.29) is 12.3 Å². The predicted molar refractivity (Wildman–Crippen MR) is 107 cm³/mol. The maximum absolute atomic E-state index is 12.4. The molecule has 0 saturated heterocycles. The highest BCUT2D eigenvalue weighted by molar-refractivity contribution is 7.71. The molecule has 7 nitrogen and oxygen atoms in total. The van der Waals surface area contributed by atoms with Crippen LogP contribution in [0.15, 0.2) is 24.3 Å². The van der Waals surface area contributed by atoms with Gasteiger partial charge in [0.25, 0.3) is 0 Å². The van der Waals surface area contributed by atoms with Crippen LogP contribution in [0.5, 0.6) is 0 Å². The first-order valence-electron chi connectivity index (χ1n) is 8.62. The molecule has 0 spiro atoms. The van der Waals surface area contributed by atoms with Crippen molar-refractivity contribution >= 4 is 29.7 Å². The van der Waals surface area contributed by atoms with Crippen LogP contribution in [-0.2, 0) is 24.3 Å². The lowest BCUT2D eigenvalue weighted by Gasteiger charge is -2.07. The first-order valence-corrected chi connectivity index (χ1v) is 9.41. The van der Waals surface area contributed by atoms with Crippen LogP contribution in [0.1, 0.15) is 29.7 Å². The summed E-state index contributed by atoms with van der Waals surface area (Å²) in [5, 5.41) is 15.0. The molecule has 1 amide bonds. The zero-order valence-electron chi connectivity index (χ0n) is 15.4. The van der Waals surface area contributed by atoms with E-state index in [2.05, 4.69) is 20.6 Å². The number of rotatable bonds is 6. The molecule has 0 bridgehead atoms. The number of aromatic amines is 1. The molecule has 0 aliphatic rings. The molecule has 0 atom stereocenters. The van der Waals surface area contributed by atoms with Gasteiger partial charge in [-0.15, -0.1) is 0 Å². The number of nitrogens with zero attached hydrogens (tertiary/aromatic N) is 4. The van der Waals surface area contributed by atoms with Gasteiger partial charge in [0.15, 0.2) is 10.6 Å². The van der Waals surface area contributed by atoms with E-state index in [1.165, 1.54) is 0 Å². The molecular formula is C18H21ClN6OS. The van der Waals surface area contributed by atoms with Crippen molar-refractivity contribution < 1.29 is 4.79 Å². The summed E-state index contributed by atoms with van der Waals surface area (Å²) < 4.78 is 4.24. The number of aromatic nitrogens is 5. The molecule has 3 rings (SSSR count). The molecular weight excluding hydrogens is 384 g/mol. The van der Waals surface area contributed by atoms with Crippen molar-refractivity contribution in [2.45, 2.75) is 40.3 Å². The average molecular weight is 405 g/mol. The standard InChI is InChI=1S/C18H21ClN6OS/c1-4-24-16(21-22-18(24)27)10-20-17(26)9-15-11(2)23-25(12(15)3)14-7-5-13(19)6-8-14/h5-8H,4,9-10H2,1-3H3,(H,20,26)(H,22,27). The molecule has 0 saturated carbocycles. The summed E-state index contributed by atoms with van der Waals surface area (Å²) in [6, 6.07) is 7.44. The molecule has 9 heteroatoms. The number of halogens is 1. The SMILES string of the molecule is CCn1c(CNC(=O)Cc2c(C)nn(-c3ccc(Cl)cc3)c2C)n[nH]c1=S. The van der Waals surface area contributed by atoms with Gasteiger partial charge in [-0.25, -0.2) is 4.68 Å². The summed E-state index contributed by atoms with van der Waals surface area (Å²) in [5.41, 5.74) is 3.58. The van der Waals surface area contributed by atoms with Gasteiger partial charge in [-0.3, -0.25) is 9.89 Å². The molecule has 3 aromatic rings. The van der Waals surface area contributed by atoms with Crippen LogP contribution in [-0.4, -0.2) is 30.5 Å². The van der Waals surface area contributed by atoms with E-state index in [9.17, 15) is 4.79 Å². The van der Waals surface area contributed by atoms with E-state index in [0.29, 0.717) is 28.7 Å². The largest absolute Gasteiger partial charge is 0.349 e. The minimum atomic E-state index is -0.0894. The van der Waals surface area contributed by atoms with Crippen LogP contribution < -0.4 is 5.32 Å². The molecule has 2 N–H and O–H groups in total. The first kappa shape index (κ1) is 19.3. The van der Waals surface area contributed by atoms with Gasteiger partial charge in [0.05, 0.1) is 24.3 Å². The highest BCUT2D eigenvalue weighted by Gasteiger charge is 2.16. The van der Waals surface area contributed by atoms with Crippen molar-refractivity contribution in [2.24, 2.45) is 0 Å². The highest BCUT2D eigenvalue weighted by Crippen LogP contribution is 2.20. The monoisotopic (exact) mass is 404 g/mol. The highest BCUT2D eigenvalue weighted by atomic mass is 35.5. The maximum Gasteiger partial charge on any atom is 0.224 e. The zero-order valence-corrected chi connectivity index (χ0v) is 17.0. The lowest BCUT2D eigenvalue weighted by Crippen LogP contribution is -2.26. The lowest BCUT2D eigenvalue weighted by atomic mass is 10.1. The summed E-state index contributed by atoms with van der Waals surface area (Å²) in [6.45, 7) is 6.87. The normalized spacial score (nSPS) is 11.0. The smallest absolute Gasteiger partial charge is 0.224 e. The quantitative estimate of drug-likeness (QED) is 0.618. The zero-order chi connectivity index (χ0) is 19.6. The Hall–Kier alpha value is -2.45. The minimum Gasteiger partial charge on any atom is -0.349 e. The number of hydrogen-bond donors (Lipinski definition) is 2. The summed E-state index contributed by atoms with van der Waals surface area (Å²) in [6.07, 6.45) is 0.253. The molecule has 0 aliphatic carbocycles. The number of carbonyl (C=O) groups is 1. The second kappa shape index (κ2) is 8.06. The molecule has 0 radical (unpaired) electrons. The van der Waals surface area contributed by atoms with E-state index in [4.69, 9.17) is 23.8 Å². The fourth-order valence-corrected chi connectivity index (χ4v) is 3.38. The third-order valence-electron chi connectivity index (χ3n) is 4.45.